The molecule has 85 valence electrons. The standard InChI is InChI=1S/C9H16NO4Si/c1-3-12-15(13-4-2)14-8-6-9(11)5-7-10/h3-6,8H2,1-2H3. The second-order valence-electron chi connectivity index (χ2n) is 2.59. The Labute approximate surface area is 91.9 Å². The highest BCUT2D eigenvalue weighted by Gasteiger charge is 2.17. The van der Waals surface area contributed by atoms with E-state index >= 15 is 0 Å². The Morgan fingerprint density at radius 2 is 1.87 bits per heavy atom. The Kier molecular flexibility index (Phi) is 9.31. The van der Waals surface area contributed by atoms with Crippen LogP contribution in [-0.2, 0) is 18.1 Å². The molecule has 0 saturated carbocycles. The van der Waals surface area contributed by atoms with E-state index in [0.29, 0.717) is 13.2 Å². The molecule has 0 rings (SSSR count). The van der Waals surface area contributed by atoms with Crippen LogP contribution in [0.25, 0.3) is 0 Å². The fourth-order valence-corrected chi connectivity index (χ4v) is 1.78. The van der Waals surface area contributed by atoms with Crippen molar-refractivity contribution in [1.82, 2.24) is 0 Å². The Hall–Kier alpha value is -0.743. The van der Waals surface area contributed by atoms with Gasteiger partial charge in [-0.1, -0.05) is 0 Å². The first-order chi connectivity index (χ1) is 7.24. The molecule has 0 spiro atoms. The molecule has 0 aliphatic rings. The van der Waals surface area contributed by atoms with E-state index in [2.05, 4.69) is 0 Å². The zero-order valence-corrected chi connectivity index (χ0v) is 10.1. The van der Waals surface area contributed by atoms with Gasteiger partial charge in [0.2, 0.25) is 0 Å². The third-order valence-electron chi connectivity index (χ3n) is 1.40. The third kappa shape index (κ3) is 8.26. The number of nitriles is 1. The van der Waals surface area contributed by atoms with Crippen LogP contribution in [0.2, 0.25) is 0 Å². The van der Waals surface area contributed by atoms with Gasteiger partial charge in [-0.2, -0.15) is 5.26 Å². The minimum absolute atomic E-state index is 0.0608. The molecule has 15 heavy (non-hydrogen) atoms. The van der Waals surface area contributed by atoms with E-state index in [9.17, 15) is 4.79 Å². The Morgan fingerprint density at radius 1 is 1.27 bits per heavy atom. The number of nitrogens with zero attached hydrogens (tertiary/aromatic N) is 1. The number of Topliss-reactive ketones (excluding diaryl/α,β-unsaturated/α-hetero) is 1. The lowest BCUT2D eigenvalue weighted by Crippen LogP contribution is -2.28. The summed E-state index contributed by atoms with van der Waals surface area (Å²) in [5.41, 5.74) is 0. The maximum Gasteiger partial charge on any atom is 0.577 e. The molecule has 0 saturated heterocycles. The highest BCUT2D eigenvalue weighted by Crippen LogP contribution is 1.96. The van der Waals surface area contributed by atoms with Crippen molar-refractivity contribution >= 4 is 15.3 Å². The topological polar surface area (TPSA) is 68.6 Å². The summed E-state index contributed by atoms with van der Waals surface area (Å²) in [5.74, 6) is -0.119. The number of hydrogen-bond acceptors (Lipinski definition) is 5. The summed E-state index contributed by atoms with van der Waals surface area (Å²) in [6.07, 6.45) is 0.177. The van der Waals surface area contributed by atoms with Crippen LogP contribution < -0.4 is 0 Å². The fraction of sp³-hybridized carbons (Fsp3) is 0.778. The quantitative estimate of drug-likeness (QED) is 0.551. The van der Waals surface area contributed by atoms with Gasteiger partial charge in [-0.25, -0.2) is 0 Å². The van der Waals surface area contributed by atoms with Gasteiger partial charge < -0.3 is 13.3 Å². The molecule has 1 radical (unpaired) electrons. The first kappa shape index (κ1) is 14.3. The third-order valence-corrected chi connectivity index (χ3v) is 2.89. The van der Waals surface area contributed by atoms with E-state index in [1.165, 1.54) is 0 Å². The highest BCUT2D eigenvalue weighted by atomic mass is 28.3. The van der Waals surface area contributed by atoms with Crippen LogP contribution in [0.5, 0.6) is 0 Å². The van der Waals surface area contributed by atoms with Crippen LogP contribution >= 0.6 is 0 Å². The van der Waals surface area contributed by atoms with Crippen molar-refractivity contribution in [2.24, 2.45) is 0 Å². The van der Waals surface area contributed by atoms with Gasteiger partial charge in [-0.3, -0.25) is 4.79 Å². The van der Waals surface area contributed by atoms with E-state index in [4.69, 9.17) is 18.5 Å². The summed E-state index contributed by atoms with van der Waals surface area (Å²) in [6, 6.07) is 1.80. The molecular weight excluding hydrogens is 214 g/mol. The summed E-state index contributed by atoms with van der Waals surface area (Å²) in [5, 5.41) is 8.26. The number of carbonyl (C=O) groups excluding carboxylic acids is 1. The first-order valence-electron chi connectivity index (χ1n) is 4.88. The maximum absolute atomic E-state index is 11.0. The van der Waals surface area contributed by atoms with Crippen molar-refractivity contribution in [1.29, 1.82) is 5.26 Å². The molecule has 0 atom stereocenters. The van der Waals surface area contributed by atoms with Gasteiger partial charge in [0.1, 0.15) is 5.78 Å². The summed E-state index contributed by atoms with van der Waals surface area (Å²) in [4.78, 5) is 11.0. The summed E-state index contributed by atoms with van der Waals surface area (Å²) in [7, 11) is -1.69. The van der Waals surface area contributed by atoms with Crippen molar-refractivity contribution in [2.45, 2.75) is 26.7 Å². The average Bonchev–Trinajstić information content (AvgIpc) is 2.19. The number of carbonyl (C=O) groups is 1. The Morgan fingerprint density at radius 3 is 2.33 bits per heavy atom. The van der Waals surface area contributed by atoms with Gasteiger partial charge in [0.05, 0.1) is 12.5 Å². The largest absolute Gasteiger partial charge is 0.577 e. The molecule has 0 aromatic heterocycles. The van der Waals surface area contributed by atoms with Crippen LogP contribution in [0.15, 0.2) is 0 Å². The molecule has 5 nitrogen and oxygen atoms in total. The molecular formula is C9H16NO4Si. The lowest BCUT2D eigenvalue weighted by molar-refractivity contribution is -0.118. The van der Waals surface area contributed by atoms with Gasteiger partial charge in [-0.05, 0) is 13.8 Å². The van der Waals surface area contributed by atoms with Crippen LogP contribution in [0.3, 0.4) is 0 Å². The second-order valence-corrected chi connectivity index (χ2v) is 3.95. The van der Waals surface area contributed by atoms with Crippen molar-refractivity contribution in [3.63, 3.8) is 0 Å². The van der Waals surface area contributed by atoms with Gasteiger partial charge >= 0.3 is 9.53 Å². The van der Waals surface area contributed by atoms with Crippen LogP contribution in [0, 0.1) is 11.3 Å². The summed E-state index contributed by atoms with van der Waals surface area (Å²) >= 11 is 0. The van der Waals surface area contributed by atoms with Crippen LogP contribution in [0.1, 0.15) is 26.7 Å². The molecule has 0 bridgehead atoms. The van der Waals surface area contributed by atoms with Crippen molar-refractivity contribution in [3.8, 4) is 6.07 Å². The molecule has 0 N–H and O–H groups in total. The minimum Gasteiger partial charge on any atom is -0.371 e. The molecule has 0 aliphatic heterocycles. The molecule has 0 aliphatic carbocycles. The van der Waals surface area contributed by atoms with Gasteiger partial charge in [0, 0.05) is 26.2 Å². The molecule has 0 amide bonds. The number of ketones is 1. The van der Waals surface area contributed by atoms with Crippen molar-refractivity contribution in [2.75, 3.05) is 19.8 Å². The molecule has 0 unspecified atom stereocenters. The first-order valence-corrected chi connectivity index (χ1v) is 6.11. The lowest BCUT2D eigenvalue weighted by atomic mass is 10.2. The summed E-state index contributed by atoms with van der Waals surface area (Å²) in [6.45, 7) is 5.03. The van der Waals surface area contributed by atoms with Crippen LogP contribution in [-0.4, -0.2) is 35.1 Å². The molecule has 0 heterocycles. The Bertz CT molecular complexity index is 211. The molecule has 0 aromatic rings. The zero-order chi connectivity index (χ0) is 11.5. The molecule has 0 fully saturated rings. The van der Waals surface area contributed by atoms with E-state index in [0.717, 1.165) is 0 Å². The van der Waals surface area contributed by atoms with E-state index in [-0.39, 0.29) is 25.2 Å². The zero-order valence-electron chi connectivity index (χ0n) is 9.12. The van der Waals surface area contributed by atoms with Crippen LogP contribution in [0.4, 0.5) is 0 Å². The van der Waals surface area contributed by atoms with Crippen molar-refractivity contribution in [3.05, 3.63) is 0 Å². The van der Waals surface area contributed by atoms with E-state index in [1.807, 2.05) is 13.8 Å². The summed E-state index contributed by atoms with van der Waals surface area (Å²) < 4.78 is 15.7. The fourth-order valence-electron chi connectivity index (χ4n) is 0.785. The normalized spacial score (nSPS) is 10.3. The molecule has 0 aromatic carbocycles. The lowest BCUT2D eigenvalue weighted by Gasteiger charge is -2.11. The van der Waals surface area contributed by atoms with E-state index in [1.54, 1.807) is 6.07 Å². The smallest absolute Gasteiger partial charge is 0.371 e. The van der Waals surface area contributed by atoms with Gasteiger partial charge in [0.25, 0.3) is 0 Å². The second kappa shape index (κ2) is 9.80. The highest BCUT2D eigenvalue weighted by molar-refractivity contribution is 6.36. The van der Waals surface area contributed by atoms with Gasteiger partial charge in [-0.15, -0.1) is 0 Å². The Balaban J connectivity index is 3.61. The maximum atomic E-state index is 11.0. The van der Waals surface area contributed by atoms with E-state index < -0.39 is 9.53 Å². The predicted molar refractivity (Wildman–Crippen MR) is 54.8 cm³/mol. The molecule has 6 heteroatoms. The van der Waals surface area contributed by atoms with Crippen molar-refractivity contribution < 1.29 is 18.1 Å². The monoisotopic (exact) mass is 230 g/mol. The number of hydrogen-bond donors (Lipinski definition) is 0. The van der Waals surface area contributed by atoms with Gasteiger partial charge in [0.15, 0.2) is 0 Å². The predicted octanol–water partition coefficient (Wildman–Crippen LogP) is 0.934. The average molecular weight is 230 g/mol. The number of rotatable bonds is 9. The minimum atomic E-state index is -1.69. The SMILES string of the molecule is CCO[Si](OCC)OCCC(=O)CC#N.